The zero-order valence-electron chi connectivity index (χ0n) is 33.4. The smallest absolute Gasteiger partial charge is 0.327 e. The molecule has 9 rings (SSSR count). The molecule has 2 saturated heterocycles. The number of benzene rings is 4. The van der Waals surface area contributed by atoms with E-state index in [2.05, 4.69) is 37.5 Å². The molecule has 4 aromatic carbocycles. The first-order valence-corrected chi connectivity index (χ1v) is 23.3. The number of carbonyl (C=O) groups excluding carboxylic acids is 1. The summed E-state index contributed by atoms with van der Waals surface area (Å²) in [5, 5.41) is 6.38. The predicted octanol–water partition coefficient (Wildman–Crippen LogP) is 8.92. The Kier molecular flexibility index (Phi) is 11.5. The molecule has 3 fully saturated rings. The molecule has 4 atom stereocenters. The van der Waals surface area contributed by atoms with E-state index in [9.17, 15) is 9.36 Å². The van der Waals surface area contributed by atoms with Crippen molar-refractivity contribution in [2.75, 3.05) is 32.8 Å². The lowest BCUT2D eigenvalue weighted by molar-refractivity contribution is -0.0788. The maximum absolute atomic E-state index is 14.7. The van der Waals surface area contributed by atoms with E-state index < -0.39 is 30.7 Å². The molecule has 310 valence electrons. The van der Waals surface area contributed by atoms with E-state index in [0.717, 1.165) is 53.9 Å². The number of ether oxygens (including phenoxy) is 4. The summed E-state index contributed by atoms with van der Waals surface area (Å²) in [5.41, 5.74) is 2.94. The molecule has 1 spiro atoms. The fourth-order valence-electron chi connectivity index (χ4n) is 8.61. The predicted molar refractivity (Wildman–Crippen MR) is 230 cm³/mol. The monoisotopic (exact) mass is 846 g/mol. The normalized spacial score (nSPS) is 22.5. The lowest BCUT2D eigenvalue weighted by Gasteiger charge is -2.37. The molecule has 6 aromatic rings. The fourth-order valence-corrected chi connectivity index (χ4v) is 14.2. The summed E-state index contributed by atoms with van der Waals surface area (Å²) in [6.07, 6.45) is 7.59. The Morgan fingerprint density at radius 3 is 2.13 bits per heavy atom. The van der Waals surface area contributed by atoms with Crippen LogP contribution in [0.4, 0.5) is 5.82 Å². The van der Waals surface area contributed by atoms with Gasteiger partial charge in [0.2, 0.25) is 0 Å². The van der Waals surface area contributed by atoms with Crippen LogP contribution in [0.1, 0.15) is 71.8 Å². The number of hydrogen-bond acceptors (Lipinski definition) is 11. The molecule has 3 aliphatic rings. The van der Waals surface area contributed by atoms with E-state index in [4.69, 9.17) is 23.5 Å². The number of methoxy groups -OCH3 is 2. The molecular formula is C45H47N6O7PS. The first-order valence-electron chi connectivity index (χ1n) is 20.2. The second kappa shape index (κ2) is 17.1. The molecule has 15 heteroatoms. The van der Waals surface area contributed by atoms with Crippen LogP contribution in [0.2, 0.25) is 0 Å². The minimum atomic E-state index is -3.35. The Hall–Kier alpha value is -5.08. The highest BCUT2D eigenvalue weighted by molar-refractivity contribution is 8.57. The van der Waals surface area contributed by atoms with Gasteiger partial charge >= 0.3 is 6.72 Å². The topological polar surface area (TPSA) is 148 Å². The quantitative estimate of drug-likeness (QED) is 0.0845. The summed E-state index contributed by atoms with van der Waals surface area (Å²) in [7, 11) is 3.29. The molecule has 2 aromatic heterocycles. The van der Waals surface area contributed by atoms with Gasteiger partial charge in [-0.15, -0.1) is 0 Å². The van der Waals surface area contributed by atoms with Crippen molar-refractivity contribution < 1.29 is 32.8 Å². The first kappa shape index (κ1) is 40.3. The van der Waals surface area contributed by atoms with Crippen LogP contribution in [0.15, 0.2) is 122 Å². The third-order valence-electron chi connectivity index (χ3n) is 11.7. The molecule has 0 radical (unpaired) electrons. The first-order chi connectivity index (χ1) is 29.3. The van der Waals surface area contributed by atoms with E-state index in [1.165, 1.54) is 24.1 Å². The summed E-state index contributed by atoms with van der Waals surface area (Å²) in [5.74, 6) is 1.41. The number of imidazole rings is 1. The SMILES string of the molecule is COc1ccc(C(OC[C@H]2O[C@@H](n3cnc4c(NC(=O)c5ccccc5)ncnc43)C[C@@H]2NP2(=O)OCC3(CCCCC3)S2)(c2ccccc2)c2ccc(OC)cc2)cc1. The van der Waals surface area contributed by atoms with E-state index in [-0.39, 0.29) is 23.1 Å². The number of nitrogens with one attached hydrogen (secondary N) is 2. The van der Waals surface area contributed by atoms with Gasteiger partial charge in [-0.2, -0.15) is 0 Å². The van der Waals surface area contributed by atoms with E-state index in [1.807, 2.05) is 77.4 Å². The molecule has 1 unspecified atom stereocenters. The van der Waals surface area contributed by atoms with Gasteiger partial charge < -0.3 is 28.8 Å². The highest BCUT2D eigenvalue weighted by atomic mass is 32.7. The van der Waals surface area contributed by atoms with Crippen LogP contribution in [0, 0.1) is 0 Å². The van der Waals surface area contributed by atoms with Crippen molar-refractivity contribution in [1.29, 1.82) is 0 Å². The summed E-state index contributed by atoms with van der Waals surface area (Å²) in [6, 6.07) is 34.3. The molecule has 60 heavy (non-hydrogen) atoms. The van der Waals surface area contributed by atoms with Gasteiger partial charge in [0.05, 0.1) is 44.6 Å². The van der Waals surface area contributed by atoms with Crippen LogP contribution < -0.4 is 19.9 Å². The number of carbonyl (C=O) groups is 1. The summed E-state index contributed by atoms with van der Waals surface area (Å²) in [6.45, 7) is -2.80. The molecule has 2 N–H and O–H groups in total. The molecule has 0 bridgehead atoms. The van der Waals surface area contributed by atoms with Crippen LogP contribution >= 0.6 is 18.1 Å². The third-order valence-corrected chi connectivity index (χ3v) is 16.5. The van der Waals surface area contributed by atoms with Gasteiger partial charge in [-0.1, -0.05) is 92.1 Å². The third kappa shape index (κ3) is 7.95. The molecule has 1 saturated carbocycles. The minimum Gasteiger partial charge on any atom is -0.497 e. The summed E-state index contributed by atoms with van der Waals surface area (Å²) in [4.78, 5) is 26.7. The zero-order chi connectivity index (χ0) is 41.2. The van der Waals surface area contributed by atoms with E-state index >= 15 is 0 Å². The highest BCUT2D eigenvalue weighted by Crippen LogP contribution is 2.70. The van der Waals surface area contributed by atoms with Crippen molar-refractivity contribution in [2.24, 2.45) is 0 Å². The maximum atomic E-state index is 14.7. The Morgan fingerprint density at radius 1 is 0.850 bits per heavy atom. The number of amides is 1. The van der Waals surface area contributed by atoms with Crippen molar-refractivity contribution >= 4 is 41.0 Å². The van der Waals surface area contributed by atoms with Gasteiger partial charge in [0.1, 0.15) is 29.7 Å². The number of fused-ring (bicyclic) bond motifs is 1. The summed E-state index contributed by atoms with van der Waals surface area (Å²) < 4.78 is 48.0. The van der Waals surface area contributed by atoms with Crippen LogP contribution in [0.5, 0.6) is 11.5 Å². The Labute approximate surface area is 352 Å². The van der Waals surface area contributed by atoms with Crippen molar-refractivity contribution in [3.63, 3.8) is 0 Å². The number of rotatable bonds is 13. The standard InChI is InChI=1S/C45H47N6O7PS/c1-54-35-20-16-33(17-21-35)45(32-14-8-4-9-15-32,34-18-22-36(55-2)23-19-34)56-27-38-37(50-59(53)57-28-44(60-59)24-10-5-11-25-44)26-39(58-38)51-30-48-40-41(46-29-47-42(40)51)49-43(52)31-12-6-3-7-13-31/h3-4,6-9,12-23,29-30,37-39H,5,10-11,24-28H2,1-2H3,(H,50,53)(H,46,47,49,52)/t37-,38+,39+,59?/m0/s1. The van der Waals surface area contributed by atoms with Crippen molar-refractivity contribution in [2.45, 2.75) is 67.2 Å². The van der Waals surface area contributed by atoms with E-state index in [1.54, 1.807) is 44.8 Å². The van der Waals surface area contributed by atoms with Gasteiger partial charge in [0.15, 0.2) is 17.0 Å². The van der Waals surface area contributed by atoms with Crippen molar-refractivity contribution in [1.82, 2.24) is 24.6 Å². The van der Waals surface area contributed by atoms with Crippen molar-refractivity contribution in [3.8, 4) is 11.5 Å². The molecule has 1 amide bonds. The van der Waals surface area contributed by atoms with Gasteiger partial charge in [-0.25, -0.2) is 20.0 Å². The molecule has 13 nitrogen and oxygen atoms in total. The number of nitrogens with zero attached hydrogens (tertiary/aromatic N) is 4. The minimum absolute atomic E-state index is 0.0942. The highest BCUT2D eigenvalue weighted by Gasteiger charge is 2.52. The van der Waals surface area contributed by atoms with Gasteiger partial charge in [-0.3, -0.25) is 13.9 Å². The van der Waals surface area contributed by atoms with E-state index in [0.29, 0.717) is 29.8 Å². The largest absolute Gasteiger partial charge is 0.497 e. The molecule has 4 heterocycles. The van der Waals surface area contributed by atoms with Gasteiger partial charge in [0.25, 0.3) is 5.91 Å². The average molecular weight is 847 g/mol. The van der Waals surface area contributed by atoms with Crippen LogP contribution in [0.25, 0.3) is 11.2 Å². The Balaban J connectivity index is 1.07. The van der Waals surface area contributed by atoms with Crippen molar-refractivity contribution in [3.05, 3.63) is 144 Å². The summed E-state index contributed by atoms with van der Waals surface area (Å²) >= 11 is 1.48. The number of aromatic nitrogens is 4. The van der Waals surface area contributed by atoms with Gasteiger partial charge in [-0.05, 0) is 77.3 Å². The molecule has 1 aliphatic carbocycles. The second-order valence-corrected chi connectivity index (χ2v) is 19.9. The molecular weight excluding hydrogens is 800 g/mol. The average Bonchev–Trinajstić information content (AvgIpc) is 4.00. The van der Waals surface area contributed by atoms with Crippen LogP contribution in [-0.2, 0) is 24.2 Å². The fraction of sp³-hybridized carbons (Fsp3) is 0.333. The number of anilines is 1. The van der Waals surface area contributed by atoms with Gasteiger partial charge in [0, 0.05) is 18.0 Å². The maximum Gasteiger partial charge on any atom is 0.327 e. The Morgan fingerprint density at radius 2 is 1.48 bits per heavy atom. The lowest BCUT2D eigenvalue weighted by atomic mass is 9.80. The van der Waals surface area contributed by atoms with Crippen LogP contribution in [-0.4, -0.2) is 69.8 Å². The zero-order valence-corrected chi connectivity index (χ0v) is 35.1. The Bertz CT molecular complexity index is 2420. The number of hydrogen-bond donors (Lipinski definition) is 2. The molecule has 2 aliphatic heterocycles. The van der Waals surface area contributed by atoms with Crippen LogP contribution in [0.3, 0.4) is 0 Å². The second-order valence-electron chi connectivity index (χ2n) is 15.4. The lowest BCUT2D eigenvalue weighted by Crippen LogP contribution is -2.41.